The van der Waals surface area contributed by atoms with Gasteiger partial charge in [0.2, 0.25) is 5.91 Å². The largest absolute Gasteiger partial charge is 0.756 e. The number of carbonyl (C=O) groups is 2. The number of carbonyl (C=O) groups excluding carboxylic acids is 2. The monoisotopic (exact) mass is 1150 g/mol. The van der Waals surface area contributed by atoms with E-state index in [4.69, 9.17) is 13.8 Å². The quantitative estimate of drug-likeness (QED) is 0.0212. The zero-order valence-electron chi connectivity index (χ0n) is 53.7. The van der Waals surface area contributed by atoms with Crippen molar-refractivity contribution in [3.05, 3.63) is 85.1 Å². The predicted molar refractivity (Wildman–Crippen MR) is 348 cm³/mol. The number of ether oxygens (including phenoxy) is 1. The van der Waals surface area contributed by atoms with Crippen molar-refractivity contribution in [2.75, 3.05) is 40.9 Å². The van der Waals surface area contributed by atoms with Gasteiger partial charge in [0.25, 0.3) is 7.82 Å². The van der Waals surface area contributed by atoms with Gasteiger partial charge in [-0.1, -0.05) is 292 Å². The summed E-state index contributed by atoms with van der Waals surface area (Å²) < 4.78 is 30.4. The van der Waals surface area contributed by atoms with E-state index in [0.29, 0.717) is 17.4 Å². The Kier molecular flexibility index (Phi) is 58.2. The SMILES string of the molecule is CC/C=C\C/C=C\C/C=C\C/C=C\C/C=C\C/C=C\CCCCCCCCC(=O)NC(COP(=O)([O-])OCC[N+](C)(C)C)C(/C=C\CCCCCCCCCCCCC)OC(=O)CCCCCCCCCCCCCCCCCCC. The number of rotatable bonds is 61. The topological polar surface area (TPSA) is 114 Å². The molecule has 81 heavy (non-hydrogen) atoms. The Balaban J connectivity index is 5.19. The summed E-state index contributed by atoms with van der Waals surface area (Å²) in [5, 5.41) is 3.03. The van der Waals surface area contributed by atoms with Crippen molar-refractivity contribution in [3.8, 4) is 0 Å². The molecule has 0 heterocycles. The molecule has 470 valence electrons. The van der Waals surface area contributed by atoms with Crippen molar-refractivity contribution >= 4 is 19.7 Å². The molecule has 0 spiro atoms. The lowest BCUT2D eigenvalue weighted by Crippen LogP contribution is -2.47. The van der Waals surface area contributed by atoms with Crippen LogP contribution in [0.25, 0.3) is 0 Å². The van der Waals surface area contributed by atoms with Gasteiger partial charge in [-0.3, -0.25) is 14.2 Å². The molecular weight excluding hydrogens is 1020 g/mol. The molecule has 0 aliphatic carbocycles. The number of hydrogen-bond acceptors (Lipinski definition) is 7. The Labute approximate surface area is 501 Å². The van der Waals surface area contributed by atoms with Crippen LogP contribution in [0.3, 0.4) is 0 Å². The first kappa shape index (κ1) is 78.2. The third-order valence-electron chi connectivity index (χ3n) is 14.8. The maximum atomic E-state index is 13.6. The van der Waals surface area contributed by atoms with Crippen LogP contribution in [0.15, 0.2) is 85.1 Å². The molecule has 1 amide bonds. The van der Waals surface area contributed by atoms with Crippen molar-refractivity contribution in [3.63, 3.8) is 0 Å². The van der Waals surface area contributed by atoms with E-state index in [1.54, 1.807) is 0 Å². The molecule has 0 radical (unpaired) electrons. The first-order valence-electron chi connectivity index (χ1n) is 33.9. The number of quaternary nitrogens is 1. The second-order valence-corrected chi connectivity index (χ2v) is 25.4. The normalized spacial score (nSPS) is 14.1. The third-order valence-corrected chi connectivity index (χ3v) is 15.8. The van der Waals surface area contributed by atoms with E-state index >= 15 is 0 Å². The Hall–Kier alpha value is -2.81. The standard InChI is InChI=1S/C71H129N2O7P/c1-7-10-13-16-19-22-25-28-30-32-33-34-35-36-37-38-39-41-42-45-48-51-54-57-60-63-70(74)72-68(67-79-81(76,77)78-66-65-73(4,5)6)69(62-59-56-53-50-47-44-27-24-21-18-15-12-9-3)80-71(75)64-61-58-55-52-49-46-43-40-31-29-26-23-20-17-14-11-8-2/h10,13,19,22,28,30,33-34,36-37,39,41,59,62,68-69H,7-9,11-12,14-18,20-21,23-27,29,31-32,35,38,40,42-58,60-61,63-67H2,1-6H3,(H-,72,74,76,77)/b13-10-,22-19-,30-28-,34-33-,37-36-,41-39-,62-59-. The number of amides is 1. The van der Waals surface area contributed by atoms with E-state index in [1.807, 2.05) is 33.3 Å². The second-order valence-electron chi connectivity index (χ2n) is 24.0. The van der Waals surface area contributed by atoms with Gasteiger partial charge in [-0.05, 0) is 83.1 Å². The van der Waals surface area contributed by atoms with Gasteiger partial charge in [-0.25, -0.2) is 0 Å². The van der Waals surface area contributed by atoms with E-state index in [9.17, 15) is 19.0 Å². The van der Waals surface area contributed by atoms with Gasteiger partial charge in [0.1, 0.15) is 19.3 Å². The van der Waals surface area contributed by atoms with Gasteiger partial charge in [0.15, 0.2) is 0 Å². The van der Waals surface area contributed by atoms with Gasteiger partial charge in [-0.15, -0.1) is 0 Å². The summed E-state index contributed by atoms with van der Waals surface area (Å²) in [6.07, 6.45) is 79.8. The number of unbranched alkanes of at least 4 members (excludes halogenated alkanes) is 33. The molecule has 0 aromatic heterocycles. The fourth-order valence-corrected chi connectivity index (χ4v) is 10.4. The molecule has 3 atom stereocenters. The molecular formula is C71H129N2O7P. The molecule has 10 heteroatoms. The van der Waals surface area contributed by atoms with Crippen LogP contribution in [-0.2, 0) is 27.9 Å². The molecule has 0 aromatic carbocycles. The maximum Gasteiger partial charge on any atom is 0.306 e. The van der Waals surface area contributed by atoms with Crippen molar-refractivity contribution in [2.24, 2.45) is 0 Å². The number of nitrogens with zero attached hydrogens (tertiary/aromatic N) is 1. The summed E-state index contributed by atoms with van der Waals surface area (Å²) in [6, 6.07) is -0.899. The zero-order chi connectivity index (χ0) is 59.3. The number of esters is 1. The smallest absolute Gasteiger partial charge is 0.306 e. The highest BCUT2D eigenvalue weighted by Crippen LogP contribution is 2.38. The first-order chi connectivity index (χ1) is 39.4. The number of phosphoric ester groups is 1. The summed E-state index contributed by atoms with van der Waals surface area (Å²) in [4.78, 5) is 40.1. The molecule has 0 saturated heterocycles. The van der Waals surface area contributed by atoms with Crippen molar-refractivity contribution in [1.29, 1.82) is 0 Å². The maximum absolute atomic E-state index is 13.6. The lowest BCUT2D eigenvalue weighted by atomic mass is 10.0. The first-order valence-corrected chi connectivity index (χ1v) is 35.4. The summed E-state index contributed by atoms with van der Waals surface area (Å²) >= 11 is 0. The number of allylic oxidation sites excluding steroid dienone is 13. The minimum absolute atomic E-state index is 0.0273. The Bertz CT molecular complexity index is 1660. The van der Waals surface area contributed by atoms with Crippen LogP contribution in [0.4, 0.5) is 0 Å². The van der Waals surface area contributed by atoms with Crippen molar-refractivity contribution in [2.45, 2.75) is 315 Å². The molecule has 0 bridgehead atoms. The number of hydrogen-bond donors (Lipinski definition) is 1. The van der Waals surface area contributed by atoms with Gasteiger partial charge in [-0.2, -0.15) is 0 Å². The summed E-state index contributed by atoms with van der Waals surface area (Å²) in [5.74, 6) is -0.550. The predicted octanol–water partition coefficient (Wildman–Crippen LogP) is 20.7. The van der Waals surface area contributed by atoms with Gasteiger partial charge < -0.3 is 28.5 Å². The zero-order valence-corrected chi connectivity index (χ0v) is 54.6. The number of phosphoric acid groups is 1. The van der Waals surface area contributed by atoms with Gasteiger partial charge in [0.05, 0.1) is 33.8 Å². The Morgan fingerprint density at radius 2 is 0.790 bits per heavy atom. The molecule has 0 saturated carbocycles. The highest BCUT2D eigenvalue weighted by atomic mass is 31.2. The summed E-state index contributed by atoms with van der Waals surface area (Å²) in [5.41, 5.74) is 0. The van der Waals surface area contributed by atoms with E-state index in [2.05, 4.69) is 99.0 Å². The summed E-state index contributed by atoms with van der Waals surface area (Å²) in [7, 11) is 1.17. The van der Waals surface area contributed by atoms with Gasteiger partial charge >= 0.3 is 5.97 Å². The number of likely N-dealkylation sites (N-methyl/N-ethyl adjacent to an activating group) is 1. The Morgan fingerprint density at radius 3 is 1.19 bits per heavy atom. The van der Waals surface area contributed by atoms with Crippen LogP contribution in [0.2, 0.25) is 0 Å². The van der Waals surface area contributed by atoms with Crippen LogP contribution in [-0.4, -0.2) is 69.4 Å². The molecule has 0 aliphatic heterocycles. The van der Waals surface area contributed by atoms with E-state index in [0.717, 1.165) is 122 Å². The molecule has 1 N–H and O–H groups in total. The van der Waals surface area contributed by atoms with Crippen LogP contribution < -0.4 is 10.2 Å². The fraction of sp³-hybridized carbons (Fsp3) is 0.775. The Morgan fingerprint density at radius 1 is 0.444 bits per heavy atom. The second kappa shape index (κ2) is 60.3. The average Bonchev–Trinajstić information content (AvgIpc) is 3.44. The van der Waals surface area contributed by atoms with Gasteiger partial charge in [0, 0.05) is 12.8 Å². The fourth-order valence-electron chi connectivity index (χ4n) is 9.64. The average molecular weight is 1150 g/mol. The summed E-state index contributed by atoms with van der Waals surface area (Å²) in [6.45, 7) is 6.75. The van der Waals surface area contributed by atoms with Crippen LogP contribution >= 0.6 is 7.82 Å². The lowest BCUT2D eigenvalue weighted by molar-refractivity contribution is -0.870. The van der Waals surface area contributed by atoms with E-state index in [-0.39, 0.29) is 24.9 Å². The molecule has 0 fully saturated rings. The highest BCUT2D eigenvalue weighted by molar-refractivity contribution is 7.45. The molecule has 9 nitrogen and oxygen atoms in total. The van der Waals surface area contributed by atoms with Crippen molar-refractivity contribution < 1.29 is 37.3 Å². The van der Waals surface area contributed by atoms with Crippen molar-refractivity contribution in [1.82, 2.24) is 5.32 Å². The highest BCUT2D eigenvalue weighted by Gasteiger charge is 2.27. The third kappa shape index (κ3) is 61.6. The number of nitrogens with one attached hydrogen (secondary N) is 1. The molecule has 3 unspecified atom stereocenters. The van der Waals surface area contributed by atoms with Crippen LogP contribution in [0.1, 0.15) is 303 Å². The van der Waals surface area contributed by atoms with E-state index < -0.39 is 26.6 Å². The van der Waals surface area contributed by atoms with Crippen LogP contribution in [0.5, 0.6) is 0 Å². The molecule has 0 rings (SSSR count). The molecule has 0 aliphatic rings. The van der Waals surface area contributed by atoms with Crippen LogP contribution in [0, 0.1) is 0 Å². The lowest BCUT2D eigenvalue weighted by Gasteiger charge is -2.30. The minimum atomic E-state index is -4.71. The minimum Gasteiger partial charge on any atom is -0.756 e. The van der Waals surface area contributed by atoms with E-state index in [1.165, 1.54) is 148 Å². The molecule has 0 aromatic rings.